The SMILES string of the molecule is Cc1sc2nc(CN3CCN(c4ccc(F)cn4)CC3)nc(N)c2c1C. The van der Waals surface area contributed by atoms with Crippen LogP contribution in [-0.4, -0.2) is 46.0 Å². The minimum atomic E-state index is -0.309. The van der Waals surface area contributed by atoms with E-state index in [0.29, 0.717) is 12.4 Å². The lowest BCUT2D eigenvalue weighted by atomic mass is 10.2. The second-order valence-electron chi connectivity index (χ2n) is 6.59. The standard InChI is InChI=1S/C18H21FN6S/c1-11-12(2)26-18-16(11)17(20)22-14(23-18)10-24-5-7-25(8-6-24)15-4-3-13(19)9-21-15/h3-4,9H,5-8,10H2,1-2H3,(H2,20,22,23). The molecule has 0 unspecified atom stereocenters. The van der Waals surface area contributed by atoms with Crippen LogP contribution in [-0.2, 0) is 6.54 Å². The average Bonchev–Trinajstić information content (AvgIpc) is 2.91. The number of pyridine rings is 1. The quantitative estimate of drug-likeness (QED) is 0.762. The molecule has 0 amide bonds. The number of thiophene rings is 1. The van der Waals surface area contributed by atoms with Gasteiger partial charge in [0.05, 0.1) is 18.1 Å². The summed E-state index contributed by atoms with van der Waals surface area (Å²) in [7, 11) is 0. The fourth-order valence-electron chi connectivity index (χ4n) is 3.29. The molecule has 0 saturated carbocycles. The van der Waals surface area contributed by atoms with Crippen molar-refractivity contribution in [3.63, 3.8) is 0 Å². The predicted octanol–water partition coefficient (Wildman–Crippen LogP) is 2.75. The second kappa shape index (κ2) is 6.77. The molecule has 2 N–H and O–H groups in total. The van der Waals surface area contributed by atoms with Gasteiger partial charge in [0, 0.05) is 31.1 Å². The van der Waals surface area contributed by atoms with Gasteiger partial charge in [0.2, 0.25) is 0 Å². The molecular weight excluding hydrogens is 351 g/mol. The van der Waals surface area contributed by atoms with Gasteiger partial charge in [0.25, 0.3) is 0 Å². The highest BCUT2D eigenvalue weighted by Crippen LogP contribution is 2.32. The van der Waals surface area contributed by atoms with Crippen LogP contribution in [0.25, 0.3) is 10.2 Å². The van der Waals surface area contributed by atoms with E-state index in [1.807, 2.05) is 0 Å². The van der Waals surface area contributed by atoms with Crippen LogP contribution in [0.3, 0.4) is 0 Å². The van der Waals surface area contributed by atoms with Gasteiger partial charge in [0.15, 0.2) is 0 Å². The Morgan fingerprint density at radius 2 is 1.92 bits per heavy atom. The minimum Gasteiger partial charge on any atom is -0.383 e. The van der Waals surface area contributed by atoms with E-state index in [9.17, 15) is 4.39 Å². The zero-order valence-electron chi connectivity index (χ0n) is 14.9. The van der Waals surface area contributed by atoms with Crippen LogP contribution < -0.4 is 10.6 Å². The van der Waals surface area contributed by atoms with Gasteiger partial charge in [-0.1, -0.05) is 0 Å². The zero-order chi connectivity index (χ0) is 18.3. The summed E-state index contributed by atoms with van der Waals surface area (Å²) in [5, 5.41) is 0.989. The second-order valence-corrected chi connectivity index (χ2v) is 7.79. The summed E-state index contributed by atoms with van der Waals surface area (Å²) in [5.74, 6) is 1.85. The van der Waals surface area contributed by atoms with Crippen molar-refractivity contribution in [2.45, 2.75) is 20.4 Å². The highest BCUT2D eigenvalue weighted by atomic mass is 32.1. The topological polar surface area (TPSA) is 71.2 Å². The van der Waals surface area contributed by atoms with E-state index in [1.165, 1.54) is 22.7 Å². The maximum atomic E-state index is 13.0. The molecule has 4 rings (SSSR count). The Kier molecular flexibility index (Phi) is 4.46. The van der Waals surface area contributed by atoms with Crippen molar-refractivity contribution in [2.24, 2.45) is 0 Å². The maximum Gasteiger partial charge on any atom is 0.146 e. The number of hydrogen-bond donors (Lipinski definition) is 1. The fourth-order valence-corrected chi connectivity index (χ4v) is 4.34. The van der Waals surface area contributed by atoms with E-state index in [4.69, 9.17) is 10.7 Å². The highest BCUT2D eigenvalue weighted by Gasteiger charge is 2.20. The molecule has 4 heterocycles. The van der Waals surface area contributed by atoms with Gasteiger partial charge in [-0.05, 0) is 31.5 Å². The highest BCUT2D eigenvalue weighted by molar-refractivity contribution is 7.18. The van der Waals surface area contributed by atoms with Crippen LogP contribution in [0, 0.1) is 19.7 Å². The molecular formula is C18H21FN6S. The van der Waals surface area contributed by atoms with E-state index in [-0.39, 0.29) is 5.82 Å². The number of aromatic nitrogens is 3. The van der Waals surface area contributed by atoms with Crippen molar-refractivity contribution in [3.8, 4) is 0 Å². The summed E-state index contributed by atoms with van der Waals surface area (Å²) in [6, 6.07) is 3.18. The van der Waals surface area contributed by atoms with Crippen LogP contribution in [0.2, 0.25) is 0 Å². The molecule has 1 saturated heterocycles. The Bertz CT molecular complexity index is 931. The van der Waals surface area contributed by atoms with E-state index in [0.717, 1.165) is 48.0 Å². The van der Waals surface area contributed by atoms with Gasteiger partial charge in [-0.3, -0.25) is 4.90 Å². The zero-order valence-corrected chi connectivity index (χ0v) is 15.7. The van der Waals surface area contributed by atoms with Gasteiger partial charge in [-0.2, -0.15) is 0 Å². The molecule has 8 heteroatoms. The Morgan fingerprint density at radius 1 is 1.15 bits per heavy atom. The number of nitrogens with zero attached hydrogens (tertiary/aromatic N) is 5. The maximum absolute atomic E-state index is 13.0. The first-order chi connectivity index (χ1) is 12.5. The lowest BCUT2D eigenvalue weighted by Crippen LogP contribution is -2.46. The van der Waals surface area contributed by atoms with Crippen molar-refractivity contribution < 1.29 is 4.39 Å². The van der Waals surface area contributed by atoms with Crippen molar-refractivity contribution in [3.05, 3.63) is 40.4 Å². The third-order valence-electron chi connectivity index (χ3n) is 4.88. The number of aryl methyl sites for hydroxylation is 2. The van der Waals surface area contributed by atoms with Crippen LogP contribution in [0.1, 0.15) is 16.3 Å². The van der Waals surface area contributed by atoms with Crippen LogP contribution in [0.15, 0.2) is 18.3 Å². The molecule has 0 aromatic carbocycles. The largest absolute Gasteiger partial charge is 0.383 e. The minimum absolute atomic E-state index is 0.309. The van der Waals surface area contributed by atoms with E-state index in [2.05, 4.69) is 33.6 Å². The van der Waals surface area contributed by atoms with E-state index >= 15 is 0 Å². The monoisotopic (exact) mass is 372 g/mol. The summed E-state index contributed by atoms with van der Waals surface area (Å²) < 4.78 is 13.0. The summed E-state index contributed by atoms with van der Waals surface area (Å²) in [6.45, 7) is 8.27. The number of nitrogen functional groups attached to an aromatic ring is 1. The van der Waals surface area contributed by atoms with Gasteiger partial charge >= 0.3 is 0 Å². The predicted molar refractivity (Wildman–Crippen MR) is 103 cm³/mol. The third kappa shape index (κ3) is 3.22. The third-order valence-corrected chi connectivity index (χ3v) is 5.98. The number of anilines is 2. The summed E-state index contributed by atoms with van der Waals surface area (Å²) in [6.07, 6.45) is 1.26. The molecule has 3 aromatic heterocycles. The van der Waals surface area contributed by atoms with Crippen LogP contribution >= 0.6 is 11.3 Å². The Hall–Kier alpha value is -2.32. The number of halogens is 1. The van der Waals surface area contributed by atoms with Crippen molar-refractivity contribution >= 4 is 33.2 Å². The van der Waals surface area contributed by atoms with E-state index in [1.54, 1.807) is 17.4 Å². The molecule has 0 aliphatic carbocycles. The number of rotatable bonds is 3. The molecule has 0 radical (unpaired) electrons. The van der Waals surface area contributed by atoms with Crippen molar-refractivity contribution in [1.82, 2.24) is 19.9 Å². The number of piperazine rings is 1. The first-order valence-electron chi connectivity index (χ1n) is 8.62. The van der Waals surface area contributed by atoms with E-state index < -0.39 is 0 Å². The lowest BCUT2D eigenvalue weighted by Gasteiger charge is -2.35. The van der Waals surface area contributed by atoms with Crippen molar-refractivity contribution in [2.75, 3.05) is 36.8 Å². The molecule has 1 fully saturated rings. The smallest absolute Gasteiger partial charge is 0.146 e. The lowest BCUT2D eigenvalue weighted by molar-refractivity contribution is 0.244. The summed E-state index contributed by atoms with van der Waals surface area (Å²) in [5.41, 5.74) is 7.35. The van der Waals surface area contributed by atoms with Crippen LogP contribution in [0.5, 0.6) is 0 Å². The van der Waals surface area contributed by atoms with Gasteiger partial charge < -0.3 is 10.6 Å². The van der Waals surface area contributed by atoms with Crippen molar-refractivity contribution in [1.29, 1.82) is 0 Å². The number of hydrogen-bond acceptors (Lipinski definition) is 7. The number of fused-ring (bicyclic) bond motifs is 1. The van der Waals surface area contributed by atoms with Crippen LogP contribution in [0.4, 0.5) is 16.0 Å². The molecule has 0 spiro atoms. The normalized spacial score (nSPS) is 15.7. The summed E-state index contributed by atoms with van der Waals surface area (Å²) >= 11 is 1.67. The molecule has 26 heavy (non-hydrogen) atoms. The van der Waals surface area contributed by atoms with Gasteiger partial charge in [-0.15, -0.1) is 11.3 Å². The Labute approximate surface area is 155 Å². The molecule has 0 bridgehead atoms. The molecule has 136 valence electrons. The molecule has 6 nitrogen and oxygen atoms in total. The first-order valence-corrected chi connectivity index (χ1v) is 9.44. The Morgan fingerprint density at radius 3 is 2.62 bits per heavy atom. The fraction of sp³-hybridized carbons (Fsp3) is 0.389. The molecule has 3 aromatic rings. The number of nitrogens with two attached hydrogens (primary N) is 1. The Balaban J connectivity index is 1.44. The first kappa shape index (κ1) is 17.1. The average molecular weight is 372 g/mol. The molecule has 1 aliphatic heterocycles. The summed E-state index contributed by atoms with van der Waals surface area (Å²) in [4.78, 5) is 20.1. The van der Waals surface area contributed by atoms with Gasteiger partial charge in [0.1, 0.15) is 28.1 Å². The van der Waals surface area contributed by atoms with Gasteiger partial charge in [-0.25, -0.2) is 19.3 Å². The molecule has 0 atom stereocenters. The molecule has 1 aliphatic rings.